The van der Waals surface area contributed by atoms with E-state index in [9.17, 15) is 5.11 Å². The number of nitrogens with zero attached hydrogens (tertiary/aromatic N) is 1. The van der Waals surface area contributed by atoms with Crippen LogP contribution in [0.25, 0.3) is 0 Å². The maximum absolute atomic E-state index is 9.80. The summed E-state index contributed by atoms with van der Waals surface area (Å²) >= 11 is 0. The molecular weight excluding hydrogens is 236 g/mol. The van der Waals surface area contributed by atoms with Crippen LogP contribution in [-0.2, 0) is 6.54 Å². The molecule has 0 spiro atoms. The van der Waals surface area contributed by atoms with E-state index < -0.39 is 0 Å². The molecule has 1 fully saturated rings. The summed E-state index contributed by atoms with van der Waals surface area (Å²) in [7, 11) is 0. The molecule has 1 aromatic rings. The van der Waals surface area contributed by atoms with Crippen molar-refractivity contribution in [2.45, 2.75) is 39.8 Å². The molecule has 1 aliphatic rings. The molecule has 3 heteroatoms. The number of anilines is 1. The molecule has 19 heavy (non-hydrogen) atoms. The van der Waals surface area contributed by atoms with E-state index in [1.807, 2.05) is 0 Å². The molecule has 1 saturated heterocycles. The summed E-state index contributed by atoms with van der Waals surface area (Å²) in [5.74, 6) is 0.357. The van der Waals surface area contributed by atoms with Gasteiger partial charge in [-0.3, -0.25) is 0 Å². The van der Waals surface area contributed by atoms with Crippen molar-refractivity contribution in [1.29, 1.82) is 0 Å². The zero-order valence-electron chi connectivity index (χ0n) is 12.3. The minimum absolute atomic E-state index is 0.134. The molecule has 0 amide bonds. The maximum Gasteiger partial charge on any atom is 0.0599 e. The highest BCUT2D eigenvalue weighted by Gasteiger charge is 2.24. The minimum Gasteiger partial charge on any atom is -0.393 e. The Hall–Kier alpha value is -1.06. The number of aryl methyl sites for hydroxylation is 1. The summed E-state index contributed by atoms with van der Waals surface area (Å²) < 4.78 is 0. The Labute approximate surface area is 116 Å². The van der Waals surface area contributed by atoms with E-state index in [1.54, 1.807) is 0 Å². The van der Waals surface area contributed by atoms with Crippen LogP contribution in [0.5, 0.6) is 0 Å². The predicted molar refractivity (Wildman–Crippen MR) is 80.6 cm³/mol. The molecule has 0 aromatic heterocycles. The summed E-state index contributed by atoms with van der Waals surface area (Å²) in [5, 5.41) is 13.2. The van der Waals surface area contributed by atoms with Gasteiger partial charge in [0.05, 0.1) is 6.10 Å². The van der Waals surface area contributed by atoms with Crippen LogP contribution < -0.4 is 10.2 Å². The van der Waals surface area contributed by atoms with Crippen molar-refractivity contribution in [2.75, 3.05) is 24.5 Å². The quantitative estimate of drug-likeness (QED) is 0.874. The van der Waals surface area contributed by atoms with Crippen molar-refractivity contribution >= 4 is 5.69 Å². The molecule has 106 valence electrons. The van der Waals surface area contributed by atoms with Gasteiger partial charge in [-0.25, -0.2) is 0 Å². The number of nitrogens with one attached hydrogen (secondary N) is 1. The fourth-order valence-corrected chi connectivity index (χ4v) is 2.70. The van der Waals surface area contributed by atoms with Crippen molar-refractivity contribution < 1.29 is 5.11 Å². The third-order valence-electron chi connectivity index (χ3n) is 4.12. The molecule has 0 bridgehead atoms. The van der Waals surface area contributed by atoms with Crippen LogP contribution in [0.4, 0.5) is 5.69 Å². The number of aliphatic hydroxyl groups excluding tert-OH is 1. The second kappa shape index (κ2) is 6.40. The lowest BCUT2D eigenvalue weighted by atomic mass is 9.96. The van der Waals surface area contributed by atoms with Gasteiger partial charge in [-0.1, -0.05) is 19.9 Å². The Morgan fingerprint density at radius 1 is 1.42 bits per heavy atom. The first-order chi connectivity index (χ1) is 9.11. The van der Waals surface area contributed by atoms with Crippen molar-refractivity contribution in [3.8, 4) is 0 Å². The first kappa shape index (κ1) is 14.4. The largest absolute Gasteiger partial charge is 0.393 e. The summed E-state index contributed by atoms with van der Waals surface area (Å²) in [6, 6.07) is 6.71. The van der Waals surface area contributed by atoms with Gasteiger partial charge >= 0.3 is 0 Å². The van der Waals surface area contributed by atoms with Gasteiger partial charge in [-0.05, 0) is 49.1 Å². The minimum atomic E-state index is -0.134. The standard InChI is InChI=1S/C16H26N2O/c1-4-17-10-14-5-6-15(9-12(14)2)18-8-7-16(19)13(3)11-18/h5-6,9,13,16-17,19H,4,7-8,10-11H2,1-3H3. The van der Waals surface area contributed by atoms with Crippen molar-refractivity contribution in [3.05, 3.63) is 29.3 Å². The summed E-state index contributed by atoms with van der Waals surface area (Å²) in [6.45, 7) is 10.3. The van der Waals surface area contributed by atoms with E-state index in [2.05, 4.69) is 49.2 Å². The molecule has 1 aliphatic heterocycles. The lowest BCUT2D eigenvalue weighted by Gasteiger charge is -2.36. The zero-order valence-corrected chi connectivity index (χ0v) is 12.3. The number of aliphatic hydroxyl groups is 1. The van der Waals surface area contributed by atoms with Crippen LogP contribution in [0.1, 0.15) is 31.4 Å². The van der Waals surface area contributed by atoms with Gasteiger partial charge in [0, 0.05) is 25.3 Å². The Kier molecular flexibility index (Phi) is 4.83. The van der Waals surface area contributed by atoms with Gasteiger partial charge in [0.25, 0.3) is 0 Å². The monoisotopic (exact) mass is 262 g/mol. The molecule has 0 aliphatic carbocycles. The number of rotatable bonds is 4. The summed E-state index contributed by atoms with van der Waals surface area (Å²) in [4.78, 5) is 2.39. The molecule has 1 aromatic carbocycles. The molecule has 0 saturated carbocycles. The van der Waals surface area contributed by atoms with Gasteiger partial charge in [-0.15, -0.1) is 0 Å². The topological polar surface area (TPSA) is 35.5 Å². The van der Waals surface area contributed by atoms with Gasteiger partial charge in [0.1, 0.15) is 0 Å². The van der Waals surface area contributed by atoms with Crippen molar-refractivity contribution in [3.63, 3.8) is 0 Å². The molecular formula is C16H26N2O. The van der Waals surface area contributed by atoms with Gasteiger partial charge < -0.3 is 15.3 Å². The molecule has 3 nitrogen and oxygen atoms in total. The molecule has 2 atom stereocenters. The SMILES string of the molecule is CCNCc1ccc(N2CCC(O)C(C)C2)cc1C. The zero-order chi connectivity index (χ0) is 13.8. The number of piperidine rings is 1. The van der Waals surface area contributed by atoms with Crippen molar-refractivity contribution in [1.82, 2.24) is 5.32 Å². The second-order valence-corrected chi connectivity index (χ2v) is 5.67. The van der Waals surface area contributed by atoms with Gasteiger partial charge in [0.15, 0.2) is 0 Å². The average Bonchev–Trinajstić information content (AvgIpc) is 2.40. The summed E-state index contributed by atoms with van der Waals surface area (Å²) in [6.07, 6.45) is 0.740. The van der Waals surface area contributed by atoms with Crippen LogP contribution in [0.2, 0.25) is 0 Å². The highest BCUT2D eigenvalue weighted by Crippen LogP contribution is 2.25. The fraction of sp³-hybridized carbons (Fsp3) is 0.625. The Bertz CT molecular complexity index is 419. The Morgan fingerprint density at radius 2 is 2.21 bits per heavy atom. The number of hydrogen-bond donors (Lipinski definition) is 2. The second-order valence-electron chi connectivity index (χ2n) is 5.67. The van der Waals surface area contributed by atoms with E-state index in [0.717, 1.165) is 32.6 Å². The first-order valence-electron chi connectivity index (χ1n) is 7.35. The normalized spacial score (nSPS) is 23.7. The molecule has 1 heterocycles. The van der Waals surface area contributed by atoms with E-state index in [-0.39, 0.29) is 6.10 Å². The highest BCUT2D eigenvalue weighted by molar-refractivity contribution is 5.51. The van der Waals surface area contributed by atoms with Crippen LogP contribution in [0.15, 0.2) is 18.2 Å². The third kappa shape index (κ3) is 3.48. The third-order valence-corrected chi connectivity index (χ3v) is 4.12. The molecule has 2 N–H and O–H groups in total. The highest BCUT2D eigenvalue weighted by atomic mass is 16.3. The van der Waals surface area contributed by atoms with E-state index in [0.29, 0.717) is 5.92 Å². The Morgan fingerprint density at radius 3 is 2.84 bits per heavy atom. The van der Waals surface area contributed by atoms with E-state index in [4.69, 9.17) is 0 Å². The molecule has 0 radical (unpaired) electrons. The smallest absolute Gasteiger partial charge is 0.0599 e. The predicted octanol–water partition coefficient (Wildman–Crippen LogP) is 2.31. The van der Waals surface area contributed by atoms with Crippen LogP contribution in [0.3, 0.4) is 0 Å². The lowest BCUT2D eigenvalue weighted by molar-refractivity contribution is 0.0971. The number of hydrogen-bond acceptors (Lipinski definition) is 3. The van der Waals surface area contributed by atoms with Crippen LogP contribution in [0, 0.1) is 12.8 Å². The number of benzene rings is 1. The Balaban J connectivity index is 2.07. The first-order valence-corrected chi connectivity index (χ1v) is 7.35. The average molecular weight is 262 g/mol. The molecule has 2 unspecified atom stereocenters. The summed E-state index contributed by atoms with van der Waals surface area (Å²) in [5.41, 5.74) is 4.00. The van der Waals surface area contributed by atoms with Gasteiger partial charge in [-0.2, -0.15) is 0 Å². The van der Waals surface area contributed by atoms with E-state index >= 15 is 0 Å². The van der Waals surface area contributed by atoms with Crippen LogP contribution >= 0.6 is 0 Å². The van der Waals surface area contributed by atoms with Crippen molar-refractivity contribution in [2.24, 2.45) is 5.92 Å². The lowest BCUT2D eigenvalue weighted by Crippen LogP contribution is -2.42. The fourth-order valence-electron chi connectivity index (χ4n) is 2.70. The van der Waals surface area contributed by atoms with Crippen LogP contribution in [-0.4, -0.2) is 30.8 Å². The molecule has 2 rings (SSSR count). The van der Waals surface area contributed by atoms with E-state index in [1.165, 1.54) is 16.8 Å². The maximum atomic E-state index is 9.80. The van der Waals surface area contributed by atoms with Gasteiger partial charge in [0.2, 0.25) is 0 Å².